The standard InChI is InChI=1S/C11H17N3O/c1-2-14-8-12-7-10(14)11(15)9-5-3-4-6-13-9/h7-9,13H,2-6H2,1H3. The molecule has 82 valence electrons. The molecule has 0 aromatic carbocycles. The normalized spacial score (nSPS) is 21.5. The maximum absolute atomic E-state index is 12.1. The summed E-state index contributed by atoms with van der Waals surface area (Å²) in [5.41, 5.74) is 0.733. The van der Waals surface area contributed by atoms with E-state index in [2.05, 4.69) is 10.3 Å². The van der Waals surface area contributed by atoms with Crippen molar-refractivity contribution in [2.45, 2.75) is 38.8 Å². The van der Waals surface area contributed by atoms with E-state index in [-0.39, 0.29) is 11.8 Å². The Morgan fingerprint density at radius 1 is 1.67 bits per heavy atom. The maximum atomic E-state index is 12.1. The summed E-state index contributed by atoms with van der Waals surface area (Å²) in [6, 6.07) is 0.000694. The summed E-state index contributed by atoms with van der Waals surface area (Å²) in [6.07, 6.45) is 6.66. The highest BCUT2D eigenvalue weighted by Gasteiger charge is 2.23. The van der Waals surface area contributed by atoms with Gasteiger partial charge in [0, 0.05) is 6.54 Å². The number of hydrogen-bond donors (Lipinski definition) is 1. The lowest BCUT2D eigenvalue weighted by atomic mass is 9.99. The molecule has 1 saturated heterocycles. The summed E-state index contributed by atoms with van der Waals surface area (Å²) in [5, 5.41) is 3.27. The van der Waals surface area contributed by atoms with Crippen molar-refractivity contribution in [2.24, 2.45) is 0 Å². The molecule has 1 unspecified atom stereocenters. The fourth-order valence-corrected chi connectivity index (χ4v) is 2.03. The number of nitrogens with zero attached hydrogens (tertiary/aromatic N) is 2. The minimum absolute atomic E-state index is 0.000694. The van der Waals surface area contributed by atoms with Crippen LogP contribution in [0, 0.1) is 0 Å². The number of carbonyl (C=O) groups excluding carboxylic acids is 1. The van der Waals surface area contributed by atoms with Crippen LogP contribution >= 0.6 is 0 Å². The van der Waals surface area contributed by atoms with E-state index in [9.17, 15) is 4.79 Å². The highest BCUT2D eigenvalue weighted by Crippen LogP contribution is 2.12. The highest BCUT2D eigenvalue weighted by atomic mass is 16.1. The van der Waals surface area contributed by atoms with E-state index in [1.165, 1.54) is 6.42 Å². The molecular weight excluding hydrogens is 190 g/mol. The largest absolute Gasteiger partial charge is 0.328 e. The molecule has 1 aromatic heterocycles. The fourth-order valence-electron chi connectivity index (χ4n) is 2.03. The summed E-state index contributed by atoms with van der Waals surface area (Å²) >= 11 is 0. The topological polar surface area (TPSA) is 46.9 Å². The Hall–Kier alpha value is -1.16. The number of Topliss-reactive ketones (excluding diaryl/α,β-unsaturated/α-hetero) is 1. The first-order valence-electron chi connectivity index (χ1n) is 5.60. The Kier molecular flexibility index (Phi) is 3.16. The van der Waals surface area contributed by atoms with E-state index in [0.717, 1.165) is 31.6 Å². The number of nitrogens with one attached hydrogen (secondary N) is 1. The molecule has 15 heavy (non-hydrogen) atoms. The van der Waals surface area contributed by atoms with Crippen molar-refractivity contribution in [3.63, 3.8) is 0 Å². The molecule has 4 heteroatoms. The summed E-state index contributed by atoms with van der Waals surface area (Å²) in [6.45, 7) is 3.78. The van der Waals surface area contributed by atoms with Crippen LogP contribution in [-0.2, 0) is 6.54 Å². The molecule has 0 saturated carbocycles. The lowest BCUT2D eigenvalue weighted by Crippen LogP contribution is -2.41. The van der Waals surface area contributed by atoms with Crippen LogP contribution < -0.4 is 5.32 Å². The molecule has 0 bridgehead atoms. The molecule has 4 nitrogen and oxygen atoms in total. The van der Waals surface area contributed by atoms with Crippen molar-refractivity contribution < 1.29 is 4.79 Å². The van der Waals surface area contributed by atoms with Crippen molar-refractivity contribution in [1.29, 1.82) is 0 Å². The molecule has 1 atom stereocenters. The average molecular weight is 207 g/mol. The molecule has 1 fully saturated rings. The number of hydrogen-bond acceptors (Lipinski definition) is 3. The predicted octanol–water partition coefficient (Wildman–Crippen LogP) is 1.23. The third-order valence-corrected chi connectivity index (χ3v) is 2.93. The molecule has 2 heterocycles. The summed E-state index contributed by atoms with van der Waals surface area (Å²) < 4.78 is 1.90. The molecule has 1 aliphatic rings. The van der Waals surface area contributed by atoms with E-state index in [1.807, 2.05) is 11.5 Å². The van der Waals surface area contributed by atoms with Gasteiger partial charge in [0.2, 0.25) is 0 Å². The van der Waals surface area contributed by atoms with Crippen LogP contribution in [0.4, 0.5) is 0 Å². The lowest BCUT2D eigenvalue weighted by molar-refractivity contribution is 0.0918. The second-order valence-electron chi connectivity index (χ2n) is 3.93. The van der Waals surface area contributed by atoms with Gasteiger partial charge in [0.05, 0.1) is 18.6 Å². The van der Waals surface area contributed by atoms with E-state index in [1.54, 1.807) is 12.5 Å². The van der Waals surface area contributed by atoms with Crippen LogP contribution in [0.15, 0.2) is 12.5 Å². The Morgan fingerprint density at radius 3 is 3.20 bits per heavy atom. The molecule has 0 spiro atoms. The molecular formula is C11H17N3O. The van der Waals surface area contributed by atoms with E-state index in [4.69, 9.17) is 0 Å². The third kappa shape index (κ3) is 2.09. The van der Waals surface area contributed by atoms with Gasteiger partial charge >= 0.3 is 0 Å². The second kappa shape index (κ2) is 4.57. The fraction of sp³-hybridized carbons (Fsp3) is 0.636. The second-order valence-corrected chi connectivity index (χ2v) is 3.93. The number of aromatic nitrogens is 2. The zero-order valence-corrected chi connectivity index (χ0v) is 9.07. The Labute approximate surface area is 89.7 Å². The van der Waals surface area contributed by atoms with Gasteiger partial charge in [-0.2, -0.15) is 0 Å². The minimum atomic E-state index is 0.000694. The number of carbonyl (C=O) groups is 1. The number of aryl methyl sites for hydroxylation is 1. The van der Waals surface area contributed by atoms with E-state index < -0.39 is 0 Å². The van der Waals surface area contributed by atoms with Crippen LogP contribution in [0.3, 0.4) is 0 Å². The summed E-state index contributed by atoms with van der Waals surface area (Å²) in [4.78, 5) is 16.1. The molecule has 1 aliphatic heterocycles. The number of rotatable bonds is 3. The minimum Gasteiger partial charge on any atom is -0.328 e. The van der Waals surface area contributed by atoms with E-state index >= 15 is 0 Å². The van der Waals surface area contributed by atoms with Gasteiger partial charge in [-0.05, 0) is 26.3 Å². The van der Waals surface area contributed by atoms with Gasteiger partial charge in [-0.1, -0.05) is 6.42 Å². The molecule has 1 N–H and O–H groups in total. The van der Waals surface area contributed by atoms with Gasteiger partial charge in [0.25, 0.3) is 0 Å². The Balaban J connectivity index is 2.12. The SMILES string of the molecule is CCn1cncc1C(=O)C1CCCCN1. The van der Waals surface area contributed by atoms with Crippen LogP contribution in [0.25, 0.3) is 0 Å². The summed E-state index contributed by atoms with van der Waals surface area (Å²) in [5.74, 6) is 0.189. The van der Waals surface area contributed by atoms with Gasteiger partial charge in [0.1, 0.15) is 5.69 Å². The maximum Gasteiger partial charge on any atom is 0.197 e. The van der Waals surface area contributed by atoms with Crippen molar-refractivity contribution in [1.82, 2.24) is 14.9 Å². The molecule has 2 rings (SSSR count). The van der Waals surface area contributed by atoms with Gasteiger partial charge < -0.3 is 9.88 Å². The predicted molar refractivity (Wildman–Crippen MR) is 57.9 cm³/mol. The van der Waals surface area contributed by atoms with Gasteiger partial charge in [-0.15, -0.1) is 0 Å². The first kappa shape index (κ1) is 10.4. The zero-order chi connectivity index (χ0) is 10.7. The van der Waals surface area contributed by atoms with Crippen LogP contribution in [0.2, 0.25) is 0 Å². The van der Waals surface area contributed by atoms with Crippen molar-refractivity contribution in [3.05, 3.63) is 18.2 Å². The molecule has 0 amide bonds. The van der Waals surface area contributed by atoms with Crippen LogP contribution in [-0.4, -0.2) is 27.9 Å². The lowest BCUT2D eigenvalue weighted by Gasteiger charge is -2.22. The number of imidazole rings is 1. The van der Waals surface area contributed by atoms with Gasteiger partial charge in [-0.3, -0.25) is 4.79 Å². The highest BCUT2D eigenvalue weighted by molar-refractivity contribution is 5.98. The number of piperidine rings is 1. The first-order chi connectivity index (χ1) is 7.33. The molecule has 0 aliphatic carbocycles. The molecule has 1 aromatic rings. The Morgan fingerprint density at radius 2 is 2.53 bits per heavy atom. The zero-order valence-electron chi connectivity index (χ0n) is 9.07. The van der Waals surface area contributed by atoms with Crippen molar-refractivity contribution in [2.75, 3.05) is 6.54 Å². The smallest absolute Gasteiger partial charge is 0.197 e. The first-order valence-corrected chi connectivity index (χ1v) is 5.60. The van der Waals surface area contributed by atoms with E-state index in [0.29, 0.717) is 0 Å². The Bertz CT molecular complexity index is 339. The van der Waals surface area contributed by atoms with Crippen LogP contribution in [0.1, 0.15) is 36.7 Å². The number of ketones is 1. The summed E-state index contributed by atoms with van der Waals surface area (Å²) in [7, 11) is 0. The van der Waals surface area contributed by atoms with Crippen molar-refractivity contribution >= 4 is 5.78 Å². The average Bonchev–Trinajstić information content (AvgIpc) is 2.77. The third-order valence-electron chi connectivity index (χ3n) is 2.93. The van der Waals surface area contributed by atoms with Crippen molar-refractivity contribution in [3.8, 4) is 0 Å². The van der Waals surface area contributed by atoms with Gasteiger partial charge in [0.15, 0.2) is 5.78 Å². The van der Waals surface area contributed by atoms with Gasteiger partial charge in [-0.25, -0.2) is 4.98 Å². The van der Waals surface area contributed by atoms with Crippen LogP contribution in [0.5, 0.6) is 0 Å². The quantitative estimate of drug-likeness (QED) is 0.758. The monoisotopic (exact) mass is 207 g/mol. The molecule has 0 radical (unpaired) electrons.